The quantitative estimate of drug-likeness (QED) is 0.268. The van der Waals surface area contributed by atoms with E-state index in [1.165, 1.54) is 0 Å². The molecule has 1 heterocycles. The molecular weight excluding hydrogens is 472 g/mol. The first kappa shape index (κ1) is 31.3. The normalized spacial score (nSPS) is 19.0. The Morgan fingerprint density at radius 2 is 1.89 bits per heavy atom. The summed E-state index contributed by atoms with van der Waals surface area (Å²) in [6.45, 7) is 10.6. The maximum absolute atomic E-state index is 12.9. The van der Waals surface area contributed by atoms with E-state index in [-0.39, 0.29) is 29.8 Å². The van der Waals surface area contributed by atoms with Gasteiger partial charge in [0.2, 0.25) is 5.91 Å². The zero-order valence-electron chi connectivity index (χ0n) is 23.7. The second-order valence-corrected chi connectivity index (χ2v) is 11.0. The minimum atomic E-state index is -0.758. The zero-order valence-corrected chi connectivity index (χ0v) is 23.7. The van der Waals surface area contributed by atoms with Crippen molar-refractivity contribution in [3.8, 4) is 11.5 Å². The van der Waals surface area contributed by atoms with Gasteiger partial charge in [0.05, 0.1) is 25.9 Å². The number of ether oxygens (including phenoxy) is 4. The number of benzene rings is 1. The van der Waals surface area contributed by atoms with Crippen LogP contribution in [0.15, 0.2) is 18.2 Å². The molecule has 2 rings (SSSR count). The van der Waals surface area contributed by atoms with Crippen LogP contribution in [0.3, 0.4) is 0 Å². The minimum Gasteiger partial charge on any atom is -0.493 e. The van der Waals surface area contributed by atoms with E-state index in [4.69, 9.17) is 24.7 Å². The number of aliphatic hydroxyl groups excluding tert-OH is 1. The van der Waals surface area contributed by atoms with Crippen LogP contribution in [0, 0.1) is 23.7 Å². The molecule has 5 atom stereocenters. The minimum absolute atomic E-state index is 0.0311. The lowest BCUT2D eigenvalue weighted by Crippen LogP contribution is -2.43. The van der Waals surface area contributed by atoms with Crippen LogP contribution < -0.4 is 20.5 Å². The van der Waals surface area contributed by atoms with Gasteiger partial charge in [0.15, 0.2) is 11.5 Å². The van der Waals surface area contributed by atoms with Gasteiger partial charge >= 0.3 is 0 Å². The maximum atomic E-state index is 12.9. The molecule has 0 aliphatic carbocycles. The number of hydrogen-bond donors (Lipinski definition) is 3. The van der Waals surface area contributed by atoms with Crippen molar-refractivity contribution < 1.29 is 28.8 Å². The highest BCUT2D eigenvalue weighted by molar-refractivity contribution is 5.78. The van der Waals surface area contributed by atoms with Gasteiger partial charge in [-0.05, 0) is 67.6 Å². The summed E-state index contributed by atoms with van der Waals surface area (Å²) in [4.78, 5) is 12.9. The molecule has 1 amide bonds. The highest BCUT2D eigenvalue weighted by Crippen LogP contribution is 2.31. The monoisotopic (exact) mass is 522 g/mol. The van der Waals surface area contributed by atoms with Crippen molar-refractivity contribution >= 4 is 5.91 Å². The number of carbonyl (C=O) groups is 1. The van der Waals surface area contributed by atoms with Crippen molar-refractivity contribution in [2.24, 2.45) is 29.4 Å². The predicted octanol–water partition coefficient (Wildman–Crippen LogP) is 3.57. The van der Waals surface area contributed by atoms with Gasteiger partial charge in [-0.15, -0.1) is 0 Å². The fraction of sp³-hybridized carbons (Fsp3) is 0.759. The van der Waals surface area contributed by atoms with Gasteiger partial charge in [-0.3, -0.25) is 4.79 Å². The average Bonchev–Trinajstić information content (AvgIpc) is 3.39. The lowest BCUT2D eigenvalue weighted by molar-refractivity contribution is -0.128. The van der Waals surface area contributed by atoms with Gasteiger partial charge < -0.3 is 35.1 Å². The Balaban J connectivity index is 1.98. The van der Waals surface area contributed by atoms with Gasteiger partial charge in [-0.25, -0.2) is 0 Å². The van der Waals surface area contributed by atoms with Crippen molar-refractivity contribution in [1.29, 1.82) is 0 Å². The van der Waals surface area contributed by atoms with Crippen LogP contribution in [-0.2, 0) is 20.7 Å². The summed E-state index contributed by atoms with van der Waals surface area (Å²) in [5.74, 6) is 1.78. The first-order valence-corrected chi connectivity index (χ1v) is 13.8. The van der Waals surface area contributed by atoms with Crippen molar-refractivity contribution in [3.63, 3.8) is 0 Å². The van der Waals surface area contributed by atoms with Crippen molar-refractivity contribution in [2.45, 2.75) is 78.0 Å². The molecular formula is C29H50N2O6. The molecule has 0 radical (unpaired) electrons. The number of aliphatic hydroxyl groups is 1. The fourth-order valence-corrected chi connectivity index (χ4v) is 4.86. The number of amides is 1. The number of methoxy groups -OCH3 is 2. The van der Waals surface area contributed by atoms with Crippen LogP contribution in [0.25, 0.3) is 0 Å². The molecule has 37 heavy (non-hydrogen) atoms. The summed E-state index contributed by atoms with van der Waals surface area (Å²) in [5, 5.41) is 14.0. The van der Waals surface area contributed by atoms with Crippen LogP contribution >= 0.6 is 0 Å². The first-order chi connectivity index (χ1) is 17.7. The summed E-state index contributed by atoms with van der Waals surface area (Å²) in [7, 11) is 3.27. The van der Waals surface area contributed by atoms with Crippen LogP contribution in [0.1, 0.15) is 58.9 Å². The van der Waals surface area contributed by atoms with Crippen molar-refractivity contribution in [1.82, 2.24) is 5.32 Å². The molecule has 1 fully saturated rings. The number of rotatable bonds is 17. The lowest BCUT2D eigenvalue weighted by atomic mass is 9.81. The van der Waals surface area contributed by atoms with Gasteiger partial charge in [-0.2, -0.15) is 0 Å². The van der Waals surface area contributed by atoms with E-state index in [1.807, 2.05) is 32.0 Å². The summed E-state index contributed by atoms with van der Waals surface area (Å²) in [6, 6.07) is 5.56. The molecule has 0 saturated carbocycles. The fourth-order valence-electron chi connectivity index (χ4n) is 4.86. The number of nitrogens with two attached hydrogens (primary N) is 1. The first-order valence-electron chi connectivity index (χ1n) is 13.8. The third-order valence-electron chi connectivity index (χ3n) is 7.45. The second kappa shape index (κ2) is 16.2. The SMILES string of the molecule is COCCOc1cc(C[C@@H](C[C@H](N)[C@@H](O)C[C@H](C(=O)NC[C@H]2CCCO2)C(C)C)C(C)C)ccc1OC. The molecule has 1 aliphatic rings. The molecule has 8 heteroatoms. The molecule has 1 aromatic rings. The molecule has 4 N–H and O–H groups in total. The van der Waals surface area contributed by atoms with Crippen LogP contribution in [0.2, 0.25) is 0 Å². The third-order valence-corrected chi connectivity index (χ3v) is 7.45. The molecule has 8 nitrogen and oxygen atoms in total. The molecule has 212 valence electrons. The highest BCUT2D eigenvalue weighted by atomic mass is 16.5. The Kier molecular flexibility index (Phi) is 13.7. The summed E-state index contributed by atoms with van der Waals surface area (Å²) in [6.07, 6.45) is 3.17. The molecule has 1 aromatic carbocycles. The maximum Gasteiger partial charge on any atom is 0.223 e. The molecule has 1 saturated heterocycles. The van der Waals surface area contributed by atoms with Gasteiger partial charge in [-0.1, -0.05) is 33.8 Å². The zero-order chi connectivity index (χ0) is 27.4. The van der Waals surface area contributed by atoms with Gasteiger partial charge in [0, 0.05) is 32.2 Å². The Labute approximate surface area is 223 Å². The number of hydrogen-bond acceptors (Lipinski definition) is 7. The summed E-state index contributed by atoms with van der Waals surface area (Å²) >= 11 is 0. The molecule has 0 bridgehead atoms. The second-order valence-electron chi connectivity index (χ2n) is 11.0. The van der Waals surface area contributed by atoms with E-state index in [2.05, 4.69) is 19.2 Å². The average molecular weight is 523 g/mol. The van der Waals surface area contributed by atoms with E-state index in [1.54, 1.807) is 14.2 Å². The Morgan fingerprint density at radius 3 is 2.49 bits per heavy atom. The van der Waals surface area contributed by atoms with Gasteiger partial charge in [0.1, 0.15) is 6.61 Å². The molecule has 0 spiro atoms. The molecule has 1 aliphatic heterocycles. The van der Waals surface area contributed by atoms with Gasteiger partial charge in [0.25, 0.3) is 0 Å². The standard InChI is InChI=1S/C29H50N2O6/c1-19(2)22(14-21-9-10-27(35-6)28(15-21)37-13-12-34-5)16-25(30)26(32)17-24(20(3)4)29(33)31-18-23-8-7-11-36-23/h9-10,15,19-20,22-26,32H,7-8,11-14,16-18,30H2,1-6H3,(H,31,33)/t22-,23+,24-,25-,26-/m0/s1. The predicted molar refractivity (Wildman–Crippen MR) is 146 cm³/mol. The number of carbonyl (C=O) groups excluding carboxylic acids is 1. The van der Waals surface area contributed by atoms with Crippen LogP contribution in [0.5, 0.6) is 11.5 Å². The van der Waals surface area contributed by atoms with Crippen molar-refractivity contribution in [2.75, 3.05) is 40.6 Å². The topological polar surface area (TPSA) is 112 Å². The Hall–Kier alpha value is -1.87. The summed E-state index contributed by atoms with van der Waals surface area (Å²) < 4.78 is 22.0. The number of nitrogens with one attached hydrogen (secondary N) is 1. The summed E-state index contributed by atoms with van der Waals surface area (Å²) in [5.41, 5.74) is 7.65. The third kappa shape index (κ3) is 10.4. The van der Waals surface area contributed by atoms with E-state index in [0.29, 0.717) is 50.0 Å². The highest BCUT2D eigenvalue weighted by Gasteiger charge is 2.30. The van der Waals surface area contributed by atoms with E-state index >= 15 is 0 Å². The van der Waals surface area contributed by atoms with Crippen molar-refractivity contribution in [3.05, 3.63) is 23.8 Å². The Bertz CT molecular complexity index is 797. The van der Waals surface area contributed by atoms with Crippen LogP contribution in [-0.4, -0.2) is 69.8 Å². The molecule has 0 aromatic heterocycles. The van der Waals surface area contributed by atoms with E-state index < -0.39 is 12.1 Å². The molecule has 0 unspecified atom stereocenters. The largest absolute Gasteiger partial charge is 0.493 e. The lowest BCUT2D eigenvalue weighted by Gasteiger charge is -2.30. The van der Waals surface area contributed by atoms with Crippen LogP contribution in [0.4, 0.5) is 0 Å². The smallest absolute Gasteiger partial charge is 0.223 e. The van der Waals surface area contributed by atoms with E-state index in [0.717, 1.165) is 31.4 Å². The Morgan fingerprint density at radius 1 is 1.14 bits per heavy atom. The van der Waals surface area contributed by atoms with E-state index in [9.17, 15) is 9.90 Å².